The molecule has 0 aromatic heterocycles. The Kier molecular flexibility index (Phi) is 1.26. The van der Waals surface area contributed by atoms with Gasteiger partial charge in [0, 0.05) is 6.21 Å². The van der Waals surface area contributed by atoms with Crippen molar-refractivity contribution in [2.75, 3.05) is 0 Å². The van der Waals surface area contributed by atoms with Crippen LogP contribution in [0, 0.1) is 0 Å². The van der Waals surface area contributed by atoms with Gasteiger partial charge in [-0.2, -0.15) is 0 Å². The number of aliphatic hydroxyl groups is 1. The number of aliphatic hydroxyl groups excluding tert-OH is 1. The first-order valence-corrected chi connectivity index (χ1v) is 2.38. The molecule has 52 valence electrons. The molecule has 0 atom stereocenters. The fourth-order valence-corrected chi connectivity index (χ4v) is 0.517. The fourth-order valence-electron chi connectivity index (χ4n) is 0.517. The zero-order valence-electron chi connectivity index (χ0n) is 4.74. The first kappa shape index (κ1) is 6.47. The lowest BCUT2D eigenvalue weighted by Gasteiger charge is -1.87. The number of hydrogen-bond acceptors (Lipinski definition) is 3. The molecule has 0 fully saturated rings. The molecule has 1 rings (SSSR count). The number of amides is 1. The summed E-state index contributed by atoms with van der Waals surface area (Å²) in [5.74, 6) is -3.06. The Morgan fingerprint density at radius 1 is 1.60 bits per heavy atom. The van der Waals surface area contributed by atoms with Crippen molar-refractivity contribution in [3.8, 4) is 0 Å². The van der Waals surface area contributed by atoms with Crippen molar-refractivity contribution in [1.29, 1.82) is 0 Å². The van der Waals surface area contributed by atoms with Gasteiger partial charge in [0.1, 0.15) is 5.57 Å². The topological polar surface area (TPSA) is 87.0 Å². The summed E-state index contributed by atoms with van der Waals surface area (Å²) in [6, 6.07) is 0. The Hall–Kier alpha value is -1.65. The highest BCUT2D eigenvalue weighted by atomic mass is 16.4. The molecule has 10 heavy (non-hydrogen) atoms. The molecule has 1 heterocycles. The normalized spacial score (nSPS) is 16.6. The molecule has 0 aliphatic carbocycles. The van der Waals surface area contributed by atoms with E-state index >= 15 is 0 Å². The average Bonchev–Trinajstić information content (AvgIpc) is 2.14. The third-order valence-electron chi connectivity index (χ3n) is 0.999. The summed E-state index contributed by atoms with van der Waals surface area (Å²) < 4.78 is 0. The molecule has 0 unspecified atom stereocenters. The van der Waals surface area contributed by atoms with Crippen molar-refractivity contribution in [2.45, 2.75) is 0 Å². The number of aliphatic carboxylic acids is 1. The zero-order chi connectivity index (χ0) is 7.72. The van der Waals surface area contributed by atoms with Crippen LogP contribution in [-0.2, 0) is 9.59 Å². The maximum Gasteiger partial charge on any atom is 0.341 e. The van der Waals surface area contributed by atoms with E-state index in [1.165, 1.54) is 0 Å². The Balaban J connectivity index is 3.07. The summed E-state index contributed by atoms with van der Waals surface area (Å²) in [4.78, 5) is 23.5. The molecule has 1 amide bonds. The monoisotopic (exact) mass is 141 g/mol. The van der Waals surface area contributed by atoms with E-state index in [2.05, 4.69) is 4.99 Å². The molecule has 1 aliphatic rings. The van der Waals surface area contributed by atoms with E-state index in [9.17, 15) is 9.59 Å². The Morgan fingerprint density at radius 2 is 2.20 bits per heavy atom. The molecule has 5 nitrogen and oxygen atoms in total. The Bertz CT molecular complexity index is 263. The van der Waals surface area contributed by atoms with E-state index in [4.69, 9.17) is 10.2 Å². The second-order valence-electron chi connectivity index (χ2n) is 1.63. The molecular formula is C5H3NO4. The highest BCUT2D eigenvalue weighted by molar-refractivity contribution is 6.21. The van der Waals surface area contributed by atoms with Crippen LogP contribution in [0.5, 0.6) is 0 Å². The first-order chi connectivity index (χ1) is 4.63. The number of rotatable bonds is 1. The SMILES string of the molecule is O=C(O)C1=C(O)C(=O)N=C1. The lowest BCUT2D eigenvalue weighted by molar-refractivity contribution is -0.132. The van der Waals surface area contributed by atoms with E-state index in [-0.39, 0.29) is 0 Å². The largest absolute Gasteiger partial charge is 0.502 e. The van der Waals surface area contributed by atoms with E-state index in [1.54, 1.807) is 0 Å². The van der Waals surface area contributed by atoms with Crippen molar-refractivity contribution in [3.05, 3.63) is 11.3 Å². The number of carboxylic acids is 1. The van der Waals surface area contributed by atoms with Crippen LogP contribution in [0.2, 0.25) is 0 Å². The van der Waals surface area contributed by atoms with E-state index in [1.807, 2.05) is 0 Å². The van der Waals surface area contributed by atoms with Crippen molar-refractivity contribution < 1.29 is 19.8 Å². The molecule has 0 spiro atoms. The van der Waals surface area contributed by atoms with Crippen molar-refractivity contribution in [1.82, 2.24) is 0 Å². The summed E-state index contributed by atoms with van der Waals surface area (Å²) >= 11 is 0. The Morgan fingerprint density at radius 3 is 2.40 bits per heavy atom. The molecule has 0 bridgehead atoms. The molecule has 1 aliphatic heterocycles. The van der Waals surface area contributed by atoms with Crippen LogP contribution in [0.1, 0.15) is 0 Å². The molecule has 0 saturated heterocycles. The van der Waals surface area contributed by atoms with E-state index in [0.717, 1.165) is 6.21 Å². The van der Waals surface area contributed by atoms with Gasteiger partial charge in [-0.3, -0.25) is 4.79 Å². The van der Waals surface area contributed by atoms with Crippen LogP contribution in [-0.4, -0.2) is 28.3 Å². The van der Waals surface area contributed by atoms with Crippen LogP contribution in [0.15, 0.2) is 16.3 Å². The van der Waals surface area contributed by atoms with Gasteiger partial charge in [0.2, 0.25) is 0 Å². The lowest BCUT2D eigenvalue weighted by atomic mass is 10.3. The maximum absolute atomic E-state index is 10.3. The van der Waals surface area contributed by atoms with Gasteiger partial charge < -0.3 is 10.2 Å². The number of hydrogen-bond donors (Lipinski definition) is 2. The second kappa shape index (κ2) is 1.94. The van der Waals surface area contributed by atoms with Gasteiger partial charge in [0.15, 0.2) is 5.76 Å². The van der Waals surface area contributed by atoms with Crippen molar-refractivity contribution in [3.63, 3.8) is 0 Å². The van der Waals surface area contributed by atoms with E-state index < -0.39 is 23.2 Å². The van der Waals surface area contributed by atoms with Crippen LogP contribution in [0.4, 0.5) is 0 Å². The van der Waals surface area contributed by atoms with Gasteiger partial charge in [-0.1, -0.05) is 0 Å². The predicted molar refractivity (Wildman–Crippen MR) is 30.8 cm³/mol. The number of carboxylic acid groups (broad SMARTS) is 1. The lowest BCUT2D eigenvalue weighted by Crippen LogP contribution is -2.04. The van der Waals surface area contributed by atoms with Gasteiger partial charge in [-0.15, -0.1) is 0 Å². The minimum Gasteiger partial charge on any atom is -0.502 e. The number of aliphatic imine (C=N–C) groups is 1. The van der Waals surface area contributed by atoms with Crippen LogP contribution in [0.25, 0.3) is 0 Å². The molecule has 0 saturated carbocycles. The van der Waals surface area contributed by atoms with Crippen LogP contribution < -0.4 is 0 Å². The Labute approximate surface area is 55.3 Å². The first-order valence-electron chi connectivity index (χ1n) is 2.38. The van der Waals surface area contributed by atoms with E-state index in [0.29, 0.717) is 0 Å². The predicted octanol–water partition coefficient (Wildman–Crippen LogP) is -0.506. The van der Waals surface area contributed by atoms with Gasteiger partial charge in [-0.05, 0) is 0 Å². The summed E-state index contributed by atoms with van der Waals surface area (Å²) in [6.07, 6.45) is 0.819. The minimum absolute atomic E-state index is 0.454. The van der Waals surface area contributed by atoms with Crippen molar-refractivity contribution >= 4 is 18.1 Å². The highest BCUT2D eigenvalue weighted by Crippen LogP contribution is 2.07. The molecule has 5 heteroatoms. The standard InChI is InChI=1S/C5H3NO4/c7-3-2(5(9)10)1-6-4(3)8/h1H,(H,9,10)(H,6,7,8). The maximum atomic E-state index is 10.3. The minimum atomic E-state index is -1.35. The molecule has 0 radical (unpaired) electrons. The average molecular weight is 141 g/mol. The van der Waals surface area contributed by atoms with Gasteiger partial charge in [0.05, 0.1) is 0 Å². The van der Waals surface area contributed by atoms with Gasteiger partial charge in [0.25, 0.3) is 0 Å². The number of carbonyl (C=O) groups is 2. The molecule has 2 N–H and O–H groups in total. The fraction of sp³-hybridized carbons (Fsp3) is 0. The zero-order valence-corrected chi connectivity index (χ0v) is 4.74. The summed E-state index contributed by atoms with van der Waals surface area (Å²) in [7, 11) is 0. The van der Waals surface area contributed by atoms with Gasteiger partial charge >= 0.3 is 11.9 Å². The smallest absolute Gasteiger partial charge is 0.341 e. The molecular weight excluding hydrogens is 138 g/mol. The second-order valence-corrected chi connectivity index (χ2v) is 1.63. The van der Waals surface area contributed by atoms with Crippen molar-refractivity contribution in [2.24, 2.45) is 4.99 Å². The summed E-state index contributed by atoms with van der Waals surface area (Å²) in [5, 5.41) is 16.9. The molecule has 0 aromatic carbocycles. The summed E-state index contributed by atoms with van der Waals surface area (Å²) in [5.41, 5.74) is -0.454. The highest BCUT2D eigenvalue weighted by Gasteiger charge is 2.22. The van der Waals surface area contributed by atoms with Crippen LogP contribution in [0.3, 0.4) is 0 Å². The molecule has 0 aromatic rings. The summed E-state index contributed by atoms with van der Waals surface area (Å²) in [6.45, 7) is 0. The number of nitrogens with zero attached hydrogens (tertiary/aromatic N) is 1. The third kappa shape index (κ3) is 0.771. The van der Waals surface area contributed by atoms with Crippen LogP contribution >= 0.6 is 0 Å². The van der Waals surface area contributed by atoms with Gasteiger partial charge in [-0.25, -0.2) is 9.79 Å². The quantitative estimate of drug-likeness (QED) is 0.515. The third-order valence-corrected chi connectivity index (χ3v) is 0.999. The number of carbonyl (C=O) groups excluding carboxylic acids is 1.